The topological polar surface area (TPSA) is 83.1 Å². The molecule has 0 saturated carbocycles. The SMILES string of the molecule is Cc1[nH]nc(C(=O)N2CCCC2(C)C)c1S(=O)(=O)Cl. The largest absolute Gasteiger partial charge is 0.332 e. The standard InChI is InChI=1S/C11H16ClN3O3S/c1-7-9(19(12,17)18)8(14-13-7)10(16)15-6-4-5-11(15,2)3/h4-6H2,1-3H3,(H,13,14). The average Bonchev–Trinajstić information content (AvgIpc) is 2.79. The fraction of sp³-hybridized carbons (Fsp3) is 0.636. The minimum absolute atomic E-state index is 0.123. The zero-order valence-electron chi connectivity index (χ0n) is 11.0. The normalized spacial score (nSPS) is 18.8. The van der Waals surface area contributed by atoms with Gasteiger partial charge in [-0.25, -0.2) is 8.42 Å². The van der Waals surface area contributed by atoms with Gasteiger partial charge < -0.3 is 4.90 Å². The first-order valence-corrected chi connectivity index (χ1v) is 8.27. The molecule has 1 aromatic rings. The number of aromatic nitrogens is 2. The van der Waals surface area contributed by atoms with Crippen molar-refractivity contribution in [3.05, 3.63) is 11.4 Å². The van der Waals surface area contributed by atoms with Crippen molar-refractivity contribution >= 4 is 25.6 Å². The van der Waals surface area contributed by atoms with E-state index in [1.165, 1.54) is 6.92 Å². The van der Waals surface area contributed by atoms with E-state index in [2.05, 4.69) is 10.2 Å². The van der Waals surface area contributed by atoms with Gasteiger partial charge in [-0.1, -0.05) is 0 Å². The average molecular weight is 306 g/mol. The molecule has 1 aliphatic heterocycles. The molecule has 0 unspecified atom stereocenters. The van der Waals surface area contributed by atoms with Gasteiger partial charge in [-0.2, -0.15) is 5.10 Å². The van der Waals surface area contributed by atoms with Gasteiger partial charge in [-0.05, 0) is 33.6 Å². The van der Waals surface area contributed by atoms with Crippen LogP contribution in [0.4, 0.5) is 0 Å². The van der Waals surface area contributed by atoms with Gasteiger partial charge in [0.05, 0.1) is 5.69 Å². The van der Waals surface area contributed by atoms with Crippen molar-refractivity contribution in [1.82, 2.24) is 15.1 Å². The van der Waals surface area contributed by atoms with Crippen LogP contribution in [-0.2, 0) is 9.05 Å². The van der Waals surface area contributed by atoms with Crippen LogP contribution in [0.3, 0.4) is 0 Å². The monoisotopic (exact) mass is 305 g/mol. The number of carbonyl (C=O) groups excluding carboxylic acids is 1. The van der Waals surface area contributed by atoms with E-state index in [0.717, 1.165) is 12.8 Å². The van der Waals surface area contributed by atoms with Crippen LogP contribution in [0.25, 0.3) is 0 Å². The van der Waals surface area contributed by atoms with Crippen molar-refractivity contribution in [2.24, 2.45) is 0 Å². The molecule has 1 aliphatic rings. The summed E-state index contributed by atoms with van der Waals surface area (Å²) in [5.74, 6) is -0.397. The van der Waals surface area contributed by atoms with Crippen LogP contribution in [0.5, 0.6) is 0 Å². The van der Waals surface area contributed by atoms with Gasteiger partial charge in [0.25, 0.3) is 15.0 Å². The third-order valence-electron chi connectivity index (χ3n) is 3.48. The van der Waals surface area contributed by atoms with Gasteiger partial charge in [0.2, 0.25) is 0 Å². The zero-order chi connectivity index (χ0) is 14.4. The summed E-state index contributed by atoms with van der Waals surface area (Å²) in [6.07, 6.45) is 1.77. The van der Waals surface area contributed by atoms with Crippen molar-refractivity contribution < 1.29 is 13.2 Å². The van der Waals surface area contributed by atoms with Gasteiger partial charge >= 0.3 is 0 Å². The van der Waals surface area contributed by atoms with Gasteiger partial charge in [-0.15, -0.1) is 0 Å². The Hall–Kier alpha value is -1.08. The molecule has 0 atom stereocenters. The predicted molar refractivity (Wildman–Crippen MR) is 70.7 cm³/mol. The van der Waals surface area contributed by atoms with E-state index >= 15 is 0 Å². The Labute approximate surface area is 116 Å². The molecule has 1 N–H and O–H groups in total. The van der Waals surface area contributed by atoms with E-state index in [1.807, 2.05) is 13.8 Å². The molecule has 0 radical (unpaired) electrons. The van der Waals surface area contributed by atoms with E-state index < -0.39 is 15.0 Å². The summed E-state index contributed by atoms with van der Waals surface area (Å²) in [7, 11) is 1.37. The molecule has 6 nitrogen and oxygen atoms in total. The van der Waals surface area contributed by atoms with E-state index in [0.29, 0.717) is 6.54 Å². The Balaban J connectivity index is 2.47. The number of nitrogens with zero attached hydrogens (tertiary/aromatic N) is 2. The maximum atomic E-state index is 12.5. The molecule has 1 fully saturated rings. The molecule has 19 heavy (non-hydrogen) atoms. The number of H-pyrrole nitrogens is 1. The van der Waals surface area contributed by atoms with Gasteiger partial charge in [0.1, 0.15) is 4.90 Å². The highest BCUT2D eigenvalue weighted by atomic mass is 35.7. The van der Waals surface area contributed by atoms with E-state index in [4.69, 9.17) is 10.7 Å². The molecule has 0 aromatic carbocycles. The van der Waals surface area contributed by atoms with Crippen LogP contribution in [0, 0.1) is 6.92 Å². The number of likely N-dealkylation sites (tertiary alicyclic amines) is 1. The Morgan fingerprint density at radius 1 is 1.47 bits per heavy atom. The van der Waals surface area contributed by atoms with Gasteiger partial charge in [0, 0.05) is 22.8 Å². The van der Waals surface area contributed by atoms with Crippen molar-refractivity contribution in [2.75, 3.05) is 6.54 Å². The molecule has 1 aromatic heterocycles. The van der Waals surface area contributed by atoms with Crippen LogP contribution in [0.15, 0.2) is 4.90 Å². The lowest BCUT2D eigenvalue weighted by Gasteiger charge is -2.31. The molecule has 2 heterocycles. The lowest BCUT2D eigenvalue weighted by Crippen LogP contribution is -2.43. The highest BCUT2D eigenvalue weighted by molar-refractivity contribution is 8.13. The highest BCUT2D eigenvalue weighted by Crippen LogP contribution is 2.31. The smallest absolute Gasteiger partial charge is 0.276 e. The molecule has 1 amide bonds. The predicted octanol–water partition coefficient (Wildman–Crippen LogP) is 1.66. The maximum Gasteiger partial charge on any atom is 0.276 e. The Bertz CT molecular complexity index is 621. The quantitative estimate of drug-likeness (QED) is 0.842. The number of aryl methyl sites for hydroxylation is 1. The van der Waals surface area contributed by atoms with Crippen molar-refractivity contribution in [2.45, 2.75) is 44.0 Å². The summed E-state index contributed by atoms with van der Waals surface area (Å²) >= 11 is 0. The second kappa shape index (κ2) is 4.49. The molecule has 0 aliphatic carbocycles. The van der Waals surface area contributed by atoms with Crippen molar-refractivity contribution in [1.29, 1.82) is 0 Å². The fourth-order valence-electron chi connectivity index (χ4n) is 2.47. The third-order valence-corrected chi connectivity index (χ3v) is 4.93. The number of hydrogen-bond acceptors (Lipinski definition) is 4. The maximum absolute atomic E-state index is 12.5. The second-order valence-corrected chi connectivity index (χ2v) is 7.84. The zero-order valence-corrected chi connectivity index (χ0v) is 12.6. The first-order chi connectivity index (χ1) is 8.64. The molecule has 1 saturated heterocycles. The van der Waals surface area contributed by atoms with Crippen LogP contribution in [0.2, 0.25) is 0 Å². The molecule has 2 rings (SSSR count). The third kappa shape index (κ3) is 2.49. The number of amides is 1. The summed E-state index contributed by atoms with van der Waals surface area (Å²) in [6, 6.07) is 0. The Morgan fingerprint density at radius 3 is 2.58 bits per heavy atom. The summed E-state index contributed by atoms with van der Waals surface area (Å²) in [6.45, 7) is 6.02. The Kier molecular flexibility index (Phi) is 3.38. The molecular formula is C11H16ClN3O3S. The first-order valence-electron chi connectivity index (χ1n) is 5.96. The van der Waals surface area contributed by atoms with E-state index in [1.54, 1.807) is 4.90 Å². The van der Waals surface area contributed by atoms with Gasteiger partial charge in [0.15, 0.2) is 5.69 Å². The van der Waals surface area contributed by atoms with Crippen LogP contribution >= 0.6 is 10.7 Å². The Morgan fingerprint density at radius 2 is 2.11 bits per heavy atom. The lowest BCUT2D eigenvalue weighted by atomic mass is 10.0. The van der Waals surface area contributed by atoms with Crippen LogP contribution < -0.4 is 0 Å². The highest BCUT2D eigenvalue weighted by Gasteiger charge is 2.39. The minimum Gasteiger partial charge on any atom is -0.332 e. The molecule has 0 bridgehead atoms. The molecule has 8 heteroatoms. The van der Waals surface area contributed by atoms with Crippen molar-refractivity contribution in [3.8, 4) is 0 Å². The van der Waals surface area contributed by atoms with Crippen LogP contribution in [-0.4, -0.2) is 41.5 Å². The van der Waals surface area contributed by atoms with E-state index in [9.17, 15) is 13.2 Å². The lowest BCUT2D eigenvalue weighted by molar-refractivity contribution is 0.0642. The number of aromatic amines is 1. The first kappa shape index (κ1) is 14.3. The number of nitrogens with one attached hydrogen (secondary N) is 1. The van der Waals surface area contributed by atoms with Crippen molar-refractivity contribution in [3.63, 3.8) is 0 Å². The fourth-order valence-corrected chi connectivity index (χ4v) is 3.82. The number of carbonyl (C=O) groups is 1. The molecule has 106 valence electrons. The summed E-state index contributed by atoms with van der Waals surface area (Å²) in [5.41, 5.74) is -0.144. The van der Waals surface area contributed by atoms with E-state index in [-0.39, 0.29) is 21.8 Å². The van der Waals surface area contributed by atoms with Crippen LogP contribution in [0.1, 0.15) is 42.9 Å². The number of rotatable bonds is 2. The summed E-state index contributed by atoms with van der Waals surface area (Å²) < 4.78 is 23.1. The summed E-state index contributed by atoms with van der Waals surface area (Å²) in [4.78, 5) is 13.9. The molecule has 0 spiro atoms. The second-order valence-electron chi connectivity index (χ2n) is 5.34. The molecular weight excluding hydrogens is 290 g/mol. The summed E-state index contributed by atoms with van der Waals surface area (Å²) in [5, 5.41) is 6.33. The number of halogens is 1. The number of hydrogen-bond donors (Lipinski definition) is 1. The minimum atomic E-state index is -4.00. The van der Waals surface area contributed by atoms with Gasteiger partial charge in [-0.3, -0.25) is 9.89 Å².